The lowest BCUT2D eigenvalue weighted by atomic mass is 9.89. The molecule has 124 valence electrons. The van der Waals surface area contributed by atoms with Gasteiger partial charge in [0.2, 0.25) is 5.76 Å². The van der Waals surface area contributed by atoms with E-state index in [4.69, 9.17) is 13.7 Å². The molecule has 1 fully saturated rings. The normalized spacial score (nSPS) is 15.7. The van der Waals surface area contributed by atoms with Crippen molar-refractivity contribution in [1.82, 2.24) is 5.16 Å². The maximum absolute atomic E-state index is 12.1. The van der Waals surface area contributed by atoms with Gasteiger partial charge in [0.1, 0.15) is 17.9 Å². The van der Waals surface area contributed by atoms with E-state index >= 15 is 0 Å². The molecule has 3 aromatic rings. The van der Waals surface area contributed by atoms with E-state index in [1.54, 1.807) is 6.07 Å². The number of benzene rings is 1. The minimum absolute atomic E-state index is 0.0421. The molecule has 1 aliphatic rings. The number of carbonyl (C=O) groups excluding carboxylic acids is 1. The number of rotatable bonds is 4. The molecule has 2 aromatic heterocycles. The third-order valence-electron chi connectivity index (χ3n) is 4.53. The Balaban J connectivity index is 1.42. The highest BCUT2D eigenvalue weighted by Crippen LogP contribution is 2.29. The minimum atomic E-state index is -0.122. The van der Waals surface area contributed by atoms with Crippen LogP contribution in [0.25, 0.3) is 22.5 Å². The van der Waals surface area contributed by atoms with Crippen LogP contribution in [0.1, 0.15) is 37.8 Å². The third kappa shape index (κ3) is 3.07. The fourth-order valence-corrected chi connectivity index (χ4v) is 3.20. The fraction of sp³-hybridized carbons (Fsp3) is 0.368. The number of fused-ring (bicyclic) bond motifs is 1. The summed E-state index contributed by atoms with van der Waals surface area (Å²) in [7, 11) is 0. The number of hydrogen-bond acceptors (Lipinski definition) is 5. The molecule has 0 unspecified atom stereocenters. The number of carbonyl (C=O) groups is 1. The third-order valence-corrected chi connectivity index (χ3v) is 4.53. The summed E-state index contributed by atoms with van der Waals surface area (Å²) in [5.41, 5.74) is 1.39. The van der Waals surface area contributed by atoms with E-state index in [-0.39, 0.29) is 18.5 Å². The van der Waals surface area contributed by atoms with E-state index in [2.05, 4.69) is 5.16 Å². The first kappa shape index (κ1) is 15.0. The van der Waals surface area contributed by atoms with Crippen molar-refractivity contribution in [2.45, 2.75) is 38.7 Å². The Kier molecular flexibility index (Phi) is 4.07. The van der Waals surface area contributed by atoms with Gasteiger partial charge in [0, 0.05) is 11.5 Å². The predicted octanol–water partition coefficient (Wildman–Crippen LogP) is 4.71. The zero-order chi connectivity index (χ0) is 16.4. The van der Waals surface area contributed by atoms with Gasteiger partial charge >= 0.3 is 5.97 Å². The highest BCUT2D eigenvalue weighted by atomic mass is 16.5. The number of hydrogen-bond donors (Lipinski definition) is 0. The van der Waals surface area contributed by atoms with Crippen LogP contribution in [0.4, 0.5) is 0 Å². The highest BCUT2D eigenvalue weighted by Gasteiger charge is 2.23. The molecular weight excluding hydrogens is 306 g/mol. The summed E-state index contributed by atoms with van der Waals surface area (Å²) in [5, 5.41) is 4.98. The zero-order valence-electron chi connectivity index (χ0n) is 13.4. The molecule has 0 N–H and O–H groups in total. The average molecular weight is 325 g/mol. The first-order valence-electron chi connectivity index (χ1n) is 8.41. The second-order valence-corrected chi connectivity index (χ2v) is 6.27. The van der Waals surface area contributed by atoms with E-state index in [9.17, 15) is 4.79 Å². The van der Waals surface area contributed by atoms with Crippen molar-refractivity contribution in [3.63, 3.8) is 0 Å². The second-order valence-electron chi connectivity index (χ2n) is 6.27. The number of furan rings is 1. The first-order valence-corrected chi connectivity index (χ1v) is 8.41. The van der Waals surface area contributed by atoms with Crippen molar-refractivity contribution in [3.8, 4) is 11.5 Å². The predicted molar refractivity (Wildman–Crippen MR) is 88.1 cm³/mol. The van der Waals surface area contributed by atoms with Gasteiger partial charge < -0.3 is 13.7 Å². The number of aromatic nitrogens is 1. The average Bonchev–Trinajstić information content (AvgIpc) is 3.27. The monoisotopic (exact) mass is 325 g/mol. The van der Waals surface area contributed by atoms with Crippen molar-refractivity contribution in [2.75, 3.05) is 0 Å². The molecule has 0 radical (unpaired) electrons. The lowest BCUT2D eigenvalue weighted by Gasteiger charge is -2.19. The van der Waals surface area contributed by atoms with Crippen molar-refractivity contribution >= 4 is 16.9 Å². The number of ether oxygens (including phenoxy) is 1. The Morgan fingerprint density at radius 1 is 1.12 bits per heavy atom. The van der Waals surface area contributed by atoms with E-state index in [1.807, 2.05) is 30.3 Å². The first-order chi connectivity index (χ1) is 11.8. The van der Waals surface area contributed by atoms with E-state index in [1.165, 1.54) is 6.42 Å². The van der Waals surface area contributed by atoms with Gasteiger partial charge in [-0.25, -0.2) is 0 Å². The molecule has 0 aliphatic heterocycles. The second kappa shape index (κ2) is 6.51. The van der Waals surface area contributed by atoms with E-state index in [0.717, 1.165) is 36.7 Å². The van der Waals surface area contributed by atoms with E-state index in [0.29, 0.717) is 17.2 Å². The molecule has 24 heavy (non-hydrogen) atoms. The summed E-state index contributed by atoms with van der Waals surface area (Å²) >= 11 is 0. The molecule has 5 nitrogen and oxygen atoms in total. The Hall–Kier alpha value is -2.56. The lowest BCUT2D eigenvalue weighted by molar-refractivity contribution is -0.151. The molecule has 0 saturated heterocycles. The minimum Gasteiger partial charge on any atom is -0.459 e. The van der Waals surface area contributed by atoms with Gasteiger partial charge in [-0.2, -0.15) is 0 Å². The molecule has 1 saturated carbocycles. The molecule has 5 heteroatoms. The number of para-hydroxylation sites is 1. The summed E-state index contributed by atoms with van der Waals surface area (Å²) in [5.74, 6) is 1.08. The summed E-state index contributed by atoms with van der Waals surface area (Å²) < 4.78 is 16.5. The van der Waals surface area contributed by atoms with Crippen LogP contribution in [-0.4, -0.2) is 11.1 Å². The van der Waals surface area contributed by atoms with Crippen molar-refractivity contribution in [3.05, 3.63) is 42.1 Å². The molecule has 4 rings (SSSR count). The lowest BCUT2D eigenvalue weighted by Crippen LogP contribution is -2.20. The van der Waals surface area contributed by atoms with Crippen LogP contribution in [0, 0.1) is 5.92 Å². The van der Waals surface area contributed by atoms with Crippen molar-refractivity contribution < 1.29 is 18.5 Å². The standard InChI is InChI=1S/C19H19NO4/c21-19(13-6-2-1-3-7-13)22-12-15-11-18(24-20-15)17-10-14-8-4-5-9-16(14)23-17/h4-5,8-11,13H,1-3,6-7,12H2. The quantitative estimate of drug-likeness (QED) is 0.650. The van der Waals surface area contributed by atoms with Gasteiger partial charge in [-0.15, -0.1) is 0 Å². The Labute approximate surface area is 139 Å². The van der Waals surface area contributed by atoms with Crippen molar-refractivity contribution in [2.24, 2.45) is 5.92 Å². The summed E-state index contributed by atoms with van der Waals surface area (Å²) in [6.45, 7) is 0.138. The molecule has 0 bridgehead atoms. The van der Waals surface area contributed by atoms with Crippen LogP contribution in [0.5, 0.6) is 0 Å². The smallest absolute Gasteiger partial charge is 0.309 e. The maximum Gasteiger partial charge on any atom is 0.309 e. The van der Waals surface area contributed by atoms with Gasteiger partial charge in [-0.05, 0) is 25.0 Å². The summed E-state index contributed by atoms with van der Waals surface area (Å²) in [6.07, 6.45) is 5.30. The Bertz CT molecular complexity index is 809. The molecule has 2 heterocycles. The molecule has 0 amide bonds. The Morgan fingerprint density at radius 3 is 2.79 bits per heavy atom. The van der Waals surface area contributed by atoms with Crippen LogP contribution < -0.4 is 0 Å². The van der Waals surface area contributed by atoms with Gasteiger partial charge in [0.25, 0.3) is 0 Å². The van der Waals surface area contributed by atoms with Gasteiger partial charge in [-0.3, -0.25) is 4.79 Å². The zero-order valence-corrected chi connectivity index (χ0v) is 13.4. The largest absolute Gasteiger partial charge is 0.459 e. The van der Waals surface area contributed by atoms with Gasteiger partial charge in [-0.1, -0.05) is 42.6 Å². The van der Waals surface area contributed by atoms with Gasteiger partial charge in [0.05, 0.1) is 5.92 Å². The molecular formula is C19H19NO4. The highest BCUT2D eigenvalue weighted by molar-refractivity contribution is 5.81. The SMILES string of the molecule is O=C(OCc1cc(-c2cc3ccccc3o2)on1)C1CCCCC1. The maximum atomic E-state index is 12.1. The van der Waals surface area contributed by atoms with Crippen LogP contribution in [-0.2, 0) is 16.1 Å². The molecule has 0 atom stereocenters. The van der Waals surface area contributed by atoms with E-state index < -0.39 is 0 Å². The summed E-state index contributed by atoms with van der Waals surface area (Å²) in [4.78, 5) is 12.1. The van der Waals surface area contributed by atoms with Crippen LogP contribution in [0.2, 0.25) is 0 Å². The van der Waals surface area contributed by atoms with Crippen LogP contribution >= 0.6 is 0 Å². The van der Waals surface area contributed by atoms with Crippen LogP contribution in [0.3, 0.4) is 0 Å². The summed E-state index contributed by atoms with van der Waals surface area (Å²) in [6, 6.07) is 11.4. The topological polar surface area (TPSA) is 65.5 Å². The number of esters is 1. The number of nitrogens with zero attached hydrogens (tertiary/aromatic N) is 1. The molecule has 1 aliphatic carbocycles. The van der Waals surface area contributed by atoms with Crippen molar-refractivity contribution in [1.29, 1.82) is 0 Å². The molecule has 1 aromatic carbocycles. The molecule has 0 spiro atoms. The Morgan fingerprint density at radius 2 is 1.96 bits per heavy atom. The van der Waals surface area contributed by atoms with Gasteiger partial charge in [0.15, 0.2) is 5.76 Å². The fourth-order valence-electron chi connectivity index (χ4n) is 3.20. The van der Waals surface area contributed by atoms with Crippen LogP contribution in [0.15, 0.2) is 45.3 Å².